The minimum atomic E-state index is -0.432. The maximum atomic E-state index is 12.2. The van der Waals surface area contributed by atoms with E-state index >= 15 is 0 Å². The zero-order valence-corrected chi connectivity index (χ0v) is 11.1. The lowest BCUT2D eigenvalue weighted by Gasteiger charge is -2.11. The van der Waals surface area contributed by atoms with Crippen molar-refractivity contribution in [3.63, 3.8) is 0 Å². The fraction of sp³-hybridized carbons (Fsp3) is 0.286. The van der Waals surface area contributed by atoms with Gasteiger partial charge in [-0.05, 0) is 25.0 Å². The molecule has 100 valence electrons. The fourth-order valence-electron chi connectivity index (χ4n) is 2.00. The minimum absolute atomic E-state index is 0.0926. The van der Waals surface area contributed by atoms with Gasteiger partial charge in [-0.25, -0.2) is 4.79 Å². The molecule has 1 aromatic heterocycles. The highest BCUT2D eigenvalue weighted by atomic mass is 16.2. The number of hydrogen-bond donors (Lipinski definition) is 1. The Bertz CT molecular complexity index is 713. The predicted molar refractivity (Wildman–Crippen MR) is 75.3 cm³/mol. The molecule has 0 amide bonds. The average Bonchev–Trinajstić information content (AvgIpc) is 2.41. The summed E-state index contributed by atoms with van der Waals surface area (Å²) in [6.45, 7) is 4.51. The second-order valence-corrected chi connectivity index (χ2v) is 4.47. The van der Waals surface area contributed by atoms with Gasteiger partial charge in [0, 0.05) is 12.7 Å². The van der Waals surface area contributed by atoms with Gasteiger partial charge in [-0.3, -0.25) is 13.9 Å². The maximum absolute atomic E-state index is 12.2. The molecule has 5 heteroatoms. The Hall–Kier alpha value is -2.30. The first-order valence-corrected chi connectivity index (χ1v) is 6.19. The smallest absolute Gasteiger partial charge is 0.331 e. The number of benzene rings is 1. The first-order valence-electron chi connectivity index (χ1n) is 6.19. The summed E-state index contributed by atoms with van der Waals surface area (Å²) in [6.07, 6.45) is 1.40. The standard InChI is InChI=1S/C14H17N3O2/c1-3-16-9-12(15)13(18)17(14(16)19)8-11-7-5-4-6-10(11)2/h4-7,9H,3,8,15H2,1-2H3. The SMILES string of the molecule is CCn1cc(N)c(=O)n(Cc2ccccc2C)c1=O. The van der Waals surface area contributed by atoms with Crippen LogP contribution in [0.1, 0.15) is 18.1 Å². The van der Waals surface area contributed by atoms with Gasteiger partial charge < -0.3 is 5.73 Å². The van der Waals surface area contributed by atoms with Crippen LogP contribution >= 0.6 is 0 Å². The van der Waals surface area contributed by atoms with E-state index in [1.54, 1.807) is 0 Å². The van der Waals surface area contributed by atoms with E-state index in [4.69, 9.17) is 5.73 Å². The van der Waals surface area contributed by atoms with Gasteiger partial charge in [-0.15, -0.1) is 0 Å². The van der Waals surface area contributed by atoms with E-state index in [0.717, 1.165) is 11.1 Å². The number of anilines is 1. The van der Waals surface area contributed by atoms with Gasteiger partial charge >= 0.3 is 5.69 Å². The molecule has 0 radical (unpaired) electrons. The van der Waals surface area contributed by atoms with E-state index in [2.05, 4.69) is 0 Å². The van der Waals surface area contributed by atoms with Crippen LogP contribution in [0.5, 0.6) is 0 Å². The van der Waals surface area contributed by atoms with Crippen molar-refractivity contribution in [2.75, 3.05) is 5.73 Å². The molecule has 1 heterocycles. The monoisotopic (exact) mass is 259 g/mol. The van der Waals surface area contributed by atoms with E-state index in [9.17, 15) is 9.59 Å². The lowest BCUT2D eigenvalue weighted by molar-refractivity contribution is 0.602. The van der Waals surface area contributed by atoms with Crippen molar-refractivity contribution in [1.29, 1.82) is 0 Å². The van der Waals surface area contributed by atoms with E-state index in [1.165, 1.54) is 15.3 Å². The van der Waals surface area contributed by atoms with Crippen LogP contribution in [0.4, 0.5) is 5.69 Å². The van der Waals surface area contributed by atoms with Crippen LogP contribution in [0.15, 0.2) is 40.1 Å². The Morgan fingerprint density at radius 2 is 1.89 bits per heavy atom. The van der Waals surface area contributed by atoms with Gasteiger partial charge in [0.05, 0.1) is 6.54 Å². The molecule has 2 rings (SSSR count). The summed E-state index contributed by atoms with van der Waals surface area (Å²) in [6, 6.07) is 7.66. The second kappa shape index (κ2) is 5.14. The minimum Gasteiger partial charge on any atom is -0.393 e. The number of nitrogen functional groups attached to an aromatic ring is 1. The van der Waals surface area contributed by atoms with Crippen molar-refractivity contribution in [1.82, 2.24) is 9.13 Å². The normalized spacial score (nSPS) is 10.6. The average molecular weight is 259 g/mol. The third kappa shape index (κ3) is 2.45. The first-order chi connectivity index (χ1) is 9.04. The highest BCUT2D eigenvalue weighted by molar-refractivity contribution is 5.32. The largest absolute Gasteiger partial charge is 0.393 e. The molecule has 2 aromatic rings. The summed E-state index contributed by atoms with van der Waals surface area (Å²) < 4.78 is 2.62. The van der Waals surface area contributed by atoms with Gasteiger partial charge in [-0.2, -0.15) is 0 Å². The van der Waals surface area contributed by atoms with E-state index in [1.807, 2.05) is 38.1 Å². The molecular formula is C14H17N3O2. The molecule has 2 N–H and O–H groups in total. The van der Waals surface area contributed by atoms with Crippen molar-refractivity contribution >= 4 is 5.69 Å². The summed E-state index contributed by atoms with van der Waals surface area (Å²) in [7, 11) is 0. The van der Waals surface area contributed by atoms with Gasteiger partial charge in [-0.1, -0.05) is 24.3 Å². The maximum Gasteiger partial charge on any atom is 0.331 e. The molecule has 0 spiro atoms. The number of nitrogens with two attached hydrogens (primary N) is 1. The van der Waals surface area contributed by atoms with Crippen molar-refractivity contribution in [3.05, 3.63) is 62.4 Å². The topological polar surface area (TPSA) is 70.0 Å². The summed E-state index contributed by atoms with van der Waals surface area (Å²) in [5, 5.41) is 0. The van der Waals surface area contributed by atoms with Crippen LogP contribution in [-0.2, 0) is 13.1 Å². The third-order valence-corrected chi connectivity index (χ3v) is 3.19. The molecule has 19 heavy (non-hydrogen) atoms. The van der Waals surface area contributed by atoms with Crippen LogP contribution < -0.4 is 17.0 Å². The molecule has 0 bridgehead atoms. The number of rotatable bonds is 3. The summed E-state index contributed by atoms with van der Waals surface area (Å²) in [4.78, 5) is 24.2. The number of hydrogen-bond acceptors (Lipinski definition) is 3. The molecule has 1 aromatic carbocycles. The Morgan fingerprint density at radius 3 is 2.53 bits per heavy atom. The Balaban J connectivity index is 2.58. The highest BCUT2D eigenvalue weighted by Gasteiger charge is 2.09. The Kier molecular flexibility index (Phi) is 3.55. The van der Waals surface area contributed by atoms with E-state index < -0.39 is 5.56 Å². The zero-order valence-electron chi connectivity index (χ0n) is 11.1. The van der Waals surface area contributed by atoms with Crippen LogP contribution in [0.25, 0.3) is 0 Å². The number of nitrogens with zero attached hydrogens (tertiary/aromatic N) is 2. The van der Waals surface area contributed by atoms with Crippen LogP contribution in [0, 0.1) is 6.92 Å². The predicted octanol–water partition coefficient (Wildman–Crippen LogP) is 0.969. The third-order valence-electron chi connectivity index (χ3n) is 3.19. The number of aryl methyl sites for hydroxylation is 2. The molecule has 0 unspecified atom stereocenters. The number of aromatic nitrogens is 2. The molecule has 5 nitrogen and oxygen atoms in total. The second-order valence-electron chi connectivity index (χ2n) is 4.47. The molecule has 0 saturated carbocycles. The fourth-order valence-corrected chi connectivity index (χ4v) is 2.00. The molecule has 0 aliphatic rings. The molecular weight excluding hydrogens is 242 g/mol. The van der Waals surface area contributed by atoms with Crippen LogP contribution in [0.3, 0.4) is 0 Å². The van der Waals surface area contributed by atoms with Gasteiger partial charge in [0.1, 0.15) is 5.69 Å². The van der Waals surface area contributed by atoms with E-state index in [0.29, 0.717) is 6.54 Å². The lowest BCUT2D eigenvalue weighted by Crippen LogP contribution is -2.40. The van der Waals surface area contributed by atoms with E-state index in [-0.39, 0.29) is 17.9 Å². The molecule has 0 fully saturated rings. The molecule has 0 saturated heterocycles. The first kappa shape index (κ1) is 13.1. The summed E-state index contributed by atoms with van der Waals surface area (Å²) >= 11 is 0. The molecule has 0 atom stereocenters. The van der Waals surface area contributed by atoms with Crippen molar-refractivity contribution in [2.24, 2.45) is 0 Å². The van der Waals surface area contributed by atoms with Crippen molar-refractivity contribution in [3.8, 4) is 0 Å². The molecule has 0 aliphatic carbocycles. The van der Waals surface area contributed by atoms with Crippen molar-refractivity contribution in [2.45, 2.75) is 26.9 Å². The quantitative estimate of drug-likeness (QED) is 0.892. The molecule has 0 aliphatic heterocycles. The van der Waals surface area contributed by atoms with Gasteiger partial charge in [0.25, 0.3) is 5.56 Å². The Labute approximate surface area is 110 Å². The Morgan fingerprint density at radius 1 is 1.21 bits per heavy atom. The van der Waals surface area contributed by atoms with Crippen molar-refractivity contribution < 1.29 is 0 Å². The zero-order chi connectivity index (χ0) is 14.0. The van der Waals surface area contributed by atoms with Gasteiger partial charge in [0.2, 0.25) is 0 Å². The lowest BCUT2D eigenvalue weighted by atomic mass is 10.1. The van der Waals surface area contributed by atoms with Crippen LogP contribution in [0.2, 0.25) is 0 Å². The summed E-state index contributed by atoms with van der Waals surface area (Å²) in [5.41, 5.74) is 6.98. The van der Waals surface area contributed by atoms with Gasteiger partial charge in [0.15, 0.2) is 0 Å². The van der Waals surface area contributed by atoms with Crippen LogP contribution in [-0.4, -0.2) is 9.13 Å². The highest BCUT2D eigenvalue weighted by Crippen LogP contribution is 2.07. The summed E-state index contributed by atoms with van der Waals surface area (Å²) in [5.74, 6) is 0.